The van der Waals surface area contributed by atoms with E-state index in [2.05, 4.69) is 22.3 Å². The average molecular weight is 453 g/mol. The minimum Gasteiger partial charge on any atom is -0.368 e. The van der Waals surface area contributed by atoms with E-state index in [4.69, 9.17) is 0 Å². The van der Waals surface area contributed by atoms with Gasteiger partial charge in [-0.1, -0.05) is 19.8 Å². The Morgan fingerprint density at radius 3 is 2.35 bits per heavy atom. The second-order valence-corrected chi connectivity index (χ2v) is 10.6. The van der Waals surface area contributed by atoms with E-state index in [-0.39, 0.29) is 34.3 Å². The molecule has 2 fully saturated rings. The number of carbonyl (C=O) groups excluding carboxylic acids is 1. The Hall–Kier alpha value is -2.20. The number of anilines is 1. The van der Waals surface area contributed by atoms with Gasteiger partial charge in [-0.3, -0.25) is 14.9 Å². The van der Waals surface area contributed by atoms with Crippen LogP contribution >= 0.6 is 0 Å². The number of benzene rings is 1. The predicted octanol–water partition coefficient (Wildman–Crippen LogP) is 3.31. The smallest absolute Gasteiger partial charge is 0.293 e. The van der Waals surface area contributed by atoms with Crippen molar-refractivity contribution >= 4 is 27.3 Å². The highest BCUT2D eigenvalue weighted by molar-refractivity contribution is 7.89. The summed E-state index contributed by atoms with van der Waals surface area (Å²) >= 11 is 0. The molecule has 1 atom stereocenters. The number of nitrogens with zero attached hydrogens (tertiary/aromatic N) is 1. The third-order valence-electron chi connectivity index (χ3n) is 6.28. The highest BCUT2D eigenvalue weighted by Crippen LogP contribution is 2.30. The van der Waals surface area contributed by atoms with Crippen molar-refractivity contribution < 1.29 is 18.1 Å². The summed E-state index contributed by atoms with van der Waals surface area (Å²) in [6.07, 6.45) is 7.49. The van der Waals surface area contributed by atoms with Crippen LogP contribution in [-0.2, 0) is 14.8 Å². The Morgan fingerprint density at radius 1 is 1.10 bits per heavy atom. The first-order chi connectivity index (χ1) is 14.7. The third kappa shape index (κ3) is 6.16. The molecule has 9 nitrogen and oxygen atoms in total. The van der Waals surface area contributed by atoms with E-state index in [9.17, 15) is 23.3 Å². The van der Waals surface area contributed by atoms with Crippen LogP contribution in [0.4, 0.5) is 11.4 Å². The van der Waals surface area contributed by atoms with Gasteiger partial charge in [-0.15, -0.1) is 0 Å². The van der Waals surface area contributed by atoms with Crippen molar-refractivity contribution in [3.63, 3.8) is 0 Å². The number of hydrogen-bond donors (Lipinski definition) is 3. The van der Waals surface area contributed by atoms with Crippen molar-refractivity contribution in [3.8, 4) is 0 Å². The van der Waals surface area contributed by atoms with Crippen LogP contribution < -0.4 is 15.4 Å². The molecule has 0 bridgehead atoms. The zero-order valence-corrected chi connectivity index (χ0v) is 18.9. The fraction of sp³-hybridized carbons (Fsp3) is 0.667. The van der Waals surface area contributed by atoms with Crippen LogP contribution in [0.2, 0.25) is 0 Å². The summed E-state index contributed by atoms with van der Waals surface area (Å²) in [5, 5.41) is 17.4. The summed E-state index contributed by atoms with van der Waals surface area (Å²) in [6.45, 7) is 3.78. The first-order valence-corrected chi connectivity index (χ1v) is 12.5. The second kappa shape index (κ2) is 9.95. The number of sulfonamides is 1. The van der Waals surface area contributed by atoms with Gasteiger partial charge in [-0.05, 0) is 63.5 Å². The topological polar surface area (TPSA) is 130 Å². The molecule has 172 valence electrons. The average Bonchev–Trinajstić information content (AvgIpc) is 3.22. The third-order valence-corrected chi connectivity index (χ3v) is 7.80. The van der Waals surface area contributed by atoms with Gasteiger partial charge in [0.1, 0.15) is 11.7 Å². The van der Waals surface area contributed by atoms with Crippen molar-refractivity contribution in [1.82, 2.24) is 10.0 Å². The van der Waals surface area contributed by atoms with E-state index in [1.54, 1.807) is 6.92 Å². The Bertz CT molecular complexity index is 906. The maximum atomic E-state index is 12.8. The number of nitro groups is 1. The first-order valence-electron chi connectivity index (χ1n) is 11.0. The molecule has 0 spiro atoms. The molecule has 0 heterocycles. The molecular formula is C21H32N4O5S. The number of nitro benzene ring substituents is 1. The molecule has 3 rings (SSSR count). The maximum absolute atomic E-state index is 12.8. The lowest BCUT2D eigenvalue weighted by Crippen LogP contribution is -2.42. The van der Waals surface area contributed by atoms with E-state index >= 15 is 0 Å². The molecular weight excluding hydrogens is 420 g/mol. The van der Waals surface area contributed by atoms with Crippen LogP contribution in [0.1, 0.15) is 65.2 Å². The Morgan fingerprint density at radius 2 is 1.74 bits per heavy atom. The van der Waals surface area contributed by atoms with E-state index in [1.807, 2.05) is 0 Å². The SMILES string of the molecule is CC1CCC(NS(=O)(=O)c2ccc(N[C@@H](C)C(=O)NC3CCCC3)c([N+](=O)[O-])c2)CC1. The second-order valence-electron chi connectivity index (χ2n) is 8.87. The number of rotatable bonds is 8. The van der Waals surface area contributed by atoms with Crippen LogP contribution in [0.25, 0.3) is 0 Å². The number of amides is 1. The summed E-state index contributed by atoms with van der Waals surface area (Å²) in [7, 11) is -3.87. The van der Waals surface area contributed by atoms with Crippen LogP contribution in [0.3, 0.4) is 0 Å². The lowest BCUT2D eigenvalue weighted by atomic mass is 9.88. The largest absolute Gasteiger partial charge is 0.368 e. The van der Waals surface area contributed by atoms with Crippen LogP contribution in [0.5, 0.6) is 0 Å². The van der Waals surface area contributed by atoms with Crippen molar-refractivity contribution in [3.05, 3.63) is 28.3 Å². The standard InChI is InChI=1S/C21H32N4O5S/c1-14-7-9-17(10-8-14)24-31(29,30)18-11-12-19(20(13-18)25(27)28)22-15(2)21(26)23-16-5-3-4-6-16/h11-17,22,24H,3-10H2,1-2H3,(H,23,26)/t14?,15-,17?/m0/s1. The van der Waals surface area contributed by atoms with Gasteiger partial charge in [0, 0.05) is 18.2 Å². The van der Waals surface area contributed by atoms with Crippen molar-refractivity contribution in [2.24, 2.45) is 5.92 Å². The molecule has 10 heteroatoms. The fourth-order valence-corrected chi connectivity index (χ4v) is 5.64. The van der Waals surface area contributed by atoms with Crippen LogP contribution in [0, 0.1) is 16.0 Å². The van der Waals surface area contributed by atoms with Crippen molar-refractivity contribution in [1.29, 1.82) is 0 Å². The van der Waals surface area contributed by atoms with Gasteiger partial charge >= 0.3 is 0 Å². The molecule has 2 aliphatic carbocycles. The molecule has 3 N–H and O–H groups in total. The highest BCUT2D eigenvalue weighted by Gasteiger charge is 2.28. The van der Waals surface area contributed by atoms with Gasteiger partial charge in [-0.25, -0.2) is 13.1 Å². The summed E-state index contributed by atoms with van der Waals surface area (Å²) in [6, 6.07) is 3.05. The lowest BCUT2D eigenvalue weighted by Gasteiger charge is -2.26. The Kier molecular flexibility index (Phi) is 7.53. The minimum absolute atomic E-state index is 0.115. The van der Waals surface area contributed by atoms with Gasteiger partial charge in [0.2, 0.25) is 15.9 Å². The molecule has 1 aromatic carbocycles. The quantitative estimate of drug-likeness (QED) is 0.410. The van der Waals surface area contributed by atoms with E-state index in [0.717, 1.165) is 57.4 Å². The normalized spacial score (nSPS) is 23.3. The van der Waals surface area contributed by atoms with Gasteiger partial charge in [-0.2, -0.15) is 0 Å². The fourth-order valence-electron chi connectivity index (χ4n) is 4.31. The Labute approximate surface area is 183 Å². The number of hydrogen-bond acceptors (Lipinski definition) is 6. The predicted molar refractivity (Wildman–Crippen MR) is 118 cm³/mol. The summed E-state index contributed by atoms with van der Waals surface area (Å²) < 4.78 is 28.2. The van der Waals surface area contributed by atoms with Gasteiger partial charge in [0.05, 0.1) is 9.82 Å². The summed E-state index contributed by atoms with van der Waals surface area (Å²) in [5.74, 6) is 0.353. The van der Waals surface area contributed by atoms with Gasteiger partial charge in [0.25, 0.3) is 5.69 Å². The lowest BCUT2D eigenvalue weighted by molar-refractivity contribution is -0.384. The Balaban J connectivity index is 1.71. The van der Waals surface area contributed by atoms with E-state index in [0.29, 0.717) is 5.92 Å². The van der Waals surface area contributed by atoms with Crippen molar-refractivity contribution in [2.45, 2.75) is 88.2 Å². The van der Waals surface area contributed by atoms with Gasteiger partial charge < -0.3 is 10.6 Å². The zero-order valence-electron chi connectivity index (χ0n) is 18.1. The molecule has 2 saturated carbocycles. The van der Waals surface area contributed by atoms with Gasteiger partial charge in [0.15, 0.2) is 0 Å². The molecule has 1 aromatic rings. The van der Waals surface area contributed by atoms with E-state index in [1.165, 1.54) is 12.1 Å². The molecule has 0 aliphatic heterocycles. The molecule has 0 aromatic heterocycles. The van der Waals surface area contributed by atoms with Crippen LogP contribution in [0.15, 0.2) is 23.1 Å². The first kappa shape index (κ1) is 23.5. The van der Waals surface area contributed by atoms with Crippen LogP contribution in [-0.4, -0.2) is 37.4 Å². The number of nitrogens with one attached hydrogen (secondary N) is 3. The summed E-state index contributed by atoms with van der Waals surface area (Å²) in [4.78, 5) is 23.2. The molecule has 0 saturated heterocycles. The molecule has 0 unspecified atom stereocenters. The monoisotopic (exact) mass is 452 g/mol. The summed E-state index contributed by atoms with van der Waals surface area (Å²) in [5.41, 5.74) is -0.259. The molecule has 31 heavy (non-hydrogen) atoms. The zero-order chi connectivity index (χ0) is 22.6. The van der Waals surface area contributed by atoms with E-state index < -0.39 is 21.0 Å². The maximum Gasteiger partial charge on any atom is 0.293 e. The minimum atomic E-state index is -3.87. The molecule has 0 radical (unpaired) electrons. The van der Waals surface area contributed by atoms with Crippen molar-refractivity contribution in [2.75, 3.05) is 5.32 Å². The highest BCUT2D eigenvalue weighted by atomic mass is 32.2. The number of carbonyl (C=O) groups is 1. The molecule has 1 amide bonds. The molecule has 2 aliphatic rings.